The fraction of sp³-hybridized carbons (Fsp3) is 0.588. The van der Waals surface area contributed by atoms with Crippen molar-refractivity contribution in [3.63, 3.8) is 0 Å². The Labute approximate surface area is 121 Å². The molecule has 0 amide bonds. The van der Waals surface area contributed by atoms with Gasteiger partial charge in [0.1, 0.15) is 0 Å². The van der Waals surface area contributed by atoms with E-state index in [1.807, 2.05) is 12.4 Å². The monoisotopic (exact) mass is 271 g/mol. The van der Waals surface area contributed by atoms with Gasteiger partial charge < -0.3 is 9.88 Å². The molecular formula is C17H25N3. The summed E-state index contributed by atoms with van der Waals surface area (Å²) < 4.78 is 2.26. The molecule has 1 fully saturated rings. The highest BCUT2D eigenvalue weighted by molar-refractivity contribution is 5.74. The maximum absolute atomic E-state index is 4.44. The van der Waals surface area contributed by atoms with Crippen LogP contribution in [-0.2, 0) is 6.54 Å². The van der Waals surface area contributed by atoms with Crippen LogP contribution >= 0.6 is 0 Å². The summed E-state index contributed by atoms with van der Waals surface area (Å²) in [6, 6.07) is 9.12. The van der Waals surface area contributed by atoms with Crippen LogP contribution in [0, 0.1) is 5.92 Å². The Balaban J connectivity index is 1.44. The first-order valence-electron chi connectivity index (χ1n) is 8.00. The number of hydrogen-bond donors (Lipinski definition) is 1. The van der Waals surface area contributed by atoms with Crippen molar-refractivity contribution in [1.82, 2.24) is 14.9 Å². The maximum Gasteiger partial charge on any atom is 0.0958 e. The summed E-state index contributed by atoms with van der Waals surface area (Å²) in [5.74, 6) is 0.963. The van der Waals surface area contributed by atoms with E-state index in [-0.39, 0.29) is 0 Å². The number of rotatable bonds is 6. The third-order valence-electron chi connectivity index (χ3n) is 4.65. The lowest BCUT2D eigenvalue weighted by atomic mass is 10.1. The van der Waals surface area contributed by atoms with E-state index in [2.05, 4.69) is 40.0 Å². The van der Waals surface area contributed by atoms with Gasteiger partial charge >= 0.3 is 0 Å². The smallest absolute Gasteiger partial charge is 0.0958 e. The minimum absolute atomic E-state index is 0.763. The summed E-state index contributed by atoms with van der Waals surface area (Å²) in [5.41, 5.74) is 2.35. The first-order valence-corrected chi connectivity index (χ1v) is 8.00. The lowest BCUT2D eigenvalue weighted by Gasteiger charge is -2.13. The number of aryl methyl sites for hydroxylation is 1. The third-order valence-corrected chi connectivity index (χ3v) is 4.65. The van der Waals surface area contributed by atoms with Gasteiger partial charge in [0.2, 0.25) is 0 Å². The molecule has 2 aromatic rings. The number of aromatic nitrogens is 2. The lowest BCUT2D eigenvalue weighted by molar-refractivity contribution is 0.465. The quantitative estimate of drug-likeness (QED) is 0.814. The average molecular weight is 271 g/mol. The predicted molar refractivity (Wildman–Crippen MR) is 83.8 cm³/mol. The number of nitrogens with zero attached hydrogens (tertiary/aromatic N) is 2. The largest absolute Gasteiger partial charge is 0.331 e. The van der Waals surface area contributed by atoms with Gasteiger partial charge in [-0.05, 0) is 50.3 Å². The SMILES string of the molecule is CCC1CCC(NCCCn2cnc3ccccc32)C1. The predicted octanol–water partition coefficient (Wildman–Crippen LogP) is 3.59. The van der Waals surface area contributed by atoms with Crippen molar-refractivity contribution in [1.29, 1.82) is 0 Å². The Morgan fingerprint density at radius 2 is 2.20 bits per heavy atom. The molecule has 108 valence electrons. The first-order chi connectivity index (χ1) is 9.86. The van der Waals surface area contributed by atoms with Crippen LogP contribution in [0.25, 0.3) is 11.0 Å². The Morgan fingerprint density at radius 3 is 3.05 bits per heavy atom. The third kappa shape index (κ3) is 3.04. The number of hydrogen-bond acceptors (Lipinski definition) is 2. The topological polar surface area (TPSA) is 29.9 Å². The highest BCUT2D eigenvalue weighted by atomic mass is 15.0. The van der Waals surface area contributed by atoms with Gasteiger partial charge in [0, 0.05) is 12.6 Å². The molecule has 2 atom stereocenters. The summed E-state index contributed by atoms with van der Waals surface area (Å²) >= 11 is 0. The van der Waals surface area contributed by atoms with Gasteiger partial charge in [0.25, 0.3) is 0 Å². The van der Waals surface area contributed by atoms with Gasteiger partial charge in [-0.2, -0.15) is 0 Å². The fourth-order valence-corrected chi connectivity index (χ4v) is 3.38. The van der Waals surface area contributed by atoms with Crippen LogP contribution in [0.4, 0.5) is 0 Å². The highest BCUT2D eigenvalue weighted by Gasteiger charge is 2.22. The summed E-state index contributed by atoms with van der Waals surface area (Å²) in [4.78, 5) is 4.44. The van der Waals surface area contributed by atoms with Crippen LogP contribution in [0.1, 0.15) is 39.0 Å². The normalized spacial score (nSPS) is 22.6. The molecule has 3 rings (SSSR count). The molecule has 1 aliphatic carbocycles. The van der Waals surface area contributed by atoms with E-state index in [1.165, 1.54) is 37.6 Å². The minimum atomic E-state index is 0.763. The van der Waals surface area contributed by atoms with Crippen molar-refractivity contribution in [3.8, 4) is 0 Å². The molecule has 1 N–H and O–H groups in total. The van der Waals surface area contributed by atoms with Crippen LogP contribution in [0.15, 0.2) is 30.6 Å². The first kappa shape index (κ1) is 13.6. The number of nitrogens with one attached hydrogen (secondary N) is 1. The molecule has 1 aliphatic rings. The highest BCUT2D eigenvalue weighted by Crippen LogP contribution is 2.27. The summed E-state index contributed by atoms with van der Waals surface area (Å²) in [7, 11) is 0. The van der Waals surface area contributed by atoms with E-state index in [0.29, 0.717) is 0 Å². The van der Waals surface area contributed by atoms with Crippen molar-refractivity contribution in [2.75, 3.05) is 6.54 Å². The molecule has 0 aliphatic heterocycles. The molecule has 0 radical (unpaired) electrons. The van der Waals surface area contributed by atoms with E-state index >= 15 is 0 Å². The molecule has 1 heterocycles. The van der Waals surface area contributed by atoms with Crippen LogP contribution < -0.4 is 5.32 Å². The number of fused-ring (bicyclic) bond motifs is 1. The van der Waals surface area contributed by atoms with Crippen molar-refractivity contribution in [2.45, 2.75) is 51.6 Å². The molecule has 1 aromatic heterocycles. The second kappa shape index (κ2) is 6.40. The van der Waals surface area contributed by atoms with E-state index in [0.717, 1.165) is 30.6 Å². The molecule has 0 saturated heterocycles. The second-order valence-corrected chi connectivity index (χ2v) is 6.02. The van der Waals surface area contributed by atoms with Gasteiger partial charge in [0.05, 0.1) is 17.4 Å². The Kier molecular flexibility index (Phi) is 4.36. The molecule has 1 saturated carbocycles. The molecular weight excluding hydrogens is 246 g/mol. The van der Waals surface area contributed by atoms with Gasteiger partial charge in [0.15, 0.2) is 0 Å². The van der Waals surface area contributed by atoms with Crippen molar-refractivity contribution in [3.05, 3.63) is 30.6 Å². The van der Waals surface area contributed by atoms with Crippen LogP contribution in [-0.4, -0.2) is 22.1 Å². The Bertz CT molecular complexity index is 546. The molecule has 3 nitrogen and oxygen atoms in total. The Hall–Kier alpha value is -1.35. The second-order valence-electron chi connectivity index (χ2n) is 6.02. The zero-order valence-electron chi connectivity index (χ0n) is 12.4. The average Bonchev–Trinajstić information content (AvgIpc) is 3.10. The lowest BCUT2D eigenvalue weighted by Crippen LogP contribution is -2.28. The van der Waals surface area contributed by atoms with Crippen LogP contribution in [0.5, 0.6) is 0 Å². The number of imidazole rings is 1. The van der Waals surface area contributed by atoms with Crippen molar-refractivity contribution < 1.29 is 0 Å². The molecule has 0 bridgehead atoms. The molecule has 2 unspecified atom stereocenters. The van der Waals surface area contributed by atoms with Crippen LogP contribution in [0.2, 0.25) is 0 Å². The molecule has 1 aromatic carbocycles. The van der Waals surface area contributed by atoms with E-state index < -0.39 is 0 Å². The minimum Gasteiger partial charge on any atom is -0.331 e. The maximum atomic E-state index is 4.44. The molecule has 20 heavy (non-hydrogen) atoms. The van der Waals surface area contributed by atoms with Crippen molar-refractivity contribution >= 4 is 11.0 Å². The van der Waals surface area contributed by atoms with E-state index in [4.69, 9.17) is 0 Å². The fourth-order valence-electron chi connectivity index (χ4n) is 3.38. The zero-order chi connectivity index (χ0) is 13.8. The van der Waals surface area contributed by atoms with E-state index in [1.54, 1.807) is 0 Å². The number of para-hydroxylation sites is 2. The summed E-state index contributed by atoms with van der Waals surface area (Å²) in [6.45, 7) is 4.49. The Morgan fingerprint density at radius 1 is 1.30 bits per heavy atom. The van der Waals surface area contributed by atoms with Gasteiger partial charge in [-0.25, -0.2) is 4.98 Å². The van der Waals surface area contributed by atoms with Gasteiger partial charge in [-0.3, -0.25) is 0 Å². The van der Waals surface area contributed by atoms with Crippen LogP contribution in [0.3, 0.4) is 0 Å². The molecule has 3 heteroatoms. The molecule has 0 spiro atoms. The van der Waals surface area contributed by atoms with E-state index in [9.17, 15) is 0 Å². The summed E-state index contributed by atoms with van der Waals surface area (Å²) in [6.07, 6.45) is 8.65. The number of benzene rings is 1. The zero-order valence-corrected chi connectivity index (χ0v) is 12.4. The van der Waals surface area contributed by atoms with Gasteiger partial charge in [-0.15, -0.1) is 0 Å². The standard InChI is InChI=1S/C17H25N3/c1-2-14-8-9-15(12-14)18-10-5-11-20-13-19-16-6-3-4-7-17(16)20/h3-4,6-7,13-15,18H,2,5,8-12H2,1H3. The van der Waals surface area contributed by atoms with Crippen molar-refractivity contribution in [2.24, 2.45) is 5.92 Å². The summed E-state index contributed by atoms with van der Waals surface area (Å²) in [5, 5.41) is 3.72. The van der Waals surface area contributed by atoms with Gasteiger partial charge in [-0.1, -0.05) is 25.5 Å².